The number of sulfonamides is 1. The Labute approximate surface area is 142 Å². The minimum Gasteiger partial charge on any atom is -0.207 e. The lowest BCUT2D eigenvalue weighted by Gasteiger charge is -2.28. The van der Waals surface area contributed by atoms with Crippen LogP contribution in [0, 0.1) is 47.3 Å². The number of benzene rings is 1. The molecule has 1 fully saturated rings. The molecule has 1 saturated heterocycles. The summed E-state index contributed by atoms with van der Waals surface area (Å²) in [5, 5.41) is 18.6. The lowest BCUT2D eigenvalue weighted by molar-refractivity contribution is 0.377. The maximum absolute atomic E-state index is 12.9. The van der Waals surface area contributed by atoms with Gasteiger partial charge in [-0.25, -0.2) is 8.42 Å². The van der Waals surface area contributed by atoms with Gasteiger partial charge >= 0.3 is 0 Å². The lowest BCUT2D eigenvalue weighted by atomic mass is 9.73. The summed E-state index contributed by atoms with van der Waals surface area (Å²) in [6.07, 6.45) is 0.557. The molecule has 2 aliphatic rings. The highest BCUT2D eigenvalue weighted by Crippen LogP contribution is 2.43. The minimum absolute atomic E-state index is 0.0319. The van der Waals surface area contributed by atoms with Gasteiger partial charge in [0.05, 0.1) is 23.0 Å². The molecule has 1 aliphatic carbocycles. The smallest absolute Gasteiger partial charge is 0.207 e. The number of hydrogen-bond acceptors (Lipinski definition) is 4. The normalized spacial score (nSPS) is 27.4. The van der Waals surface area contributed by atoms with E-state index < -0.39 is 15.9 Å². The summed E-state index contributed by atoms with van der Waals surface area (Å²) in [6, 6.07) is 11.2. The van der Waals surface area contributed by atoms with Gasteiger partial charge in [0.15, 0.2) is 0 Å². The molecule has 1 aromatic carbocycles. The predicted molar refractivity (Wildman–Crippen MR) is 89.0 cm³/mol. The van der Waals surface area contributed by atoms with Crippen LogP contribution >= 0.6 is 0 Å². The molecule has 6 heteroatoms. The summed E-state index contributed by atoms with van der Waals surface area (Å²) in [5.74, 6) is -0.283. The first-order valence-electron chi connectivity index (χ1n) is 7.95. The van der Waals surface area contributed by atoms with Crippen LogP contribution in [0.2, 0.25) is 0 Å². The molecule has 0 saturated carbocycles. The van der Waals surface area contributed by atoms with Gasteiger partial charge in [-0.2, -0.15) is 14.8 Å². The lowest BCUT2D eigenvalue weighted by Crippen LogP contribution is -2.29. The van der Waals surface area contributed by atoms with E-state index in [0.29, 0.717) is 30.0 Å². The van der Waals surface area contributed by atoms with Crippen molar-refractivity contribution in [1.82, 2.24) is 4.31 Å². The van der Waals surface area contributed by atoms with Crippen molar-refractivity contribution >= 4 is 10.0 Å². The van der Waals surface area contributed by atoms with E-state index in [1.54, 1.807) is 24.3 Å². The average molecular weight is 341 g/mol. The van der Waals surface area contributed by atoms with Crippen molar-refractivity contribution in [3.05, 3.63) is 41.0 Å². The third-order valence-electron chi connectivity index (χ3n) is 5.21. The Balaban J connectivity index is 1.91. The first-order valence-corrected chi connectivity index (χ1v) is 9.39. The highest BCUT2D eigenvalue weighted by atomic mass is 32.2. The van der Waals surface area contributed by atoms with E-state index in [0.717, 1.165) is 11.1 Å². The second-order valence-corrected chi connectivity index (χ2v) is 8.57. The zero-order valence-electron chi connectivity index (χ0n) is 13.7. The van der Waals surface area contributed by atoms with Crippen LogP contribution < -0.4 is 0 Å². The van der Waals surface area contributed by atoms with Crippen LogP contribution in [0.1, 0.15) is 18.9 Å². The van der Waals surface area contributed by atoms with Gasteiger partial charge in [0, 0.05) is 18.7 Å². The molecule has 0 N–H and O–H groups in total. The third-order valence-corrected chi connectivity index (χ3v) is 7.06. The van der Waals surface area contributed by atoms with E-state index in [4.69, 9.17) is 0 Å². The number of allylic oxidation sites excluding steroid dienone is 1. The molecule has 1 heterocycles. The Bertz CT molecular complexity index is 872. The standard InChI is InChI=1S/C18H19N3O2S/c1-12-3-5-16(6-4-12)24(22,23)21-10-15-7-14(8-19)17(9-20)13(2)18(15)11-21/h3-6,14-15,18H,7,10-11H2,1-2H3/t14-,15-,18+/m0/s1. The van der Waals surface area contributed by atoms with Crippen LogP contribution in [0.25, 0.3) is 0 Å². The van der Waals surface area contributed by atoms with Crippen LogP contribution in [-0.2, 0) is 10.0 Å². The quantitative estimate of drug-likeness (QED) is 0.827. The molecular weight excluding hydrogens is 322 g/mol. The Morgan fingerprint density at radius 1 is 1.12 bits per heavy atom. The fourth-order valence-corrected chi connectivity index (χ4v) is 5.32. The number of nitriles is 2. The van der Waals surface area contributed by atoms with Crippen molar-refractivity contribution in [3.8, 4) is 12.1 Å². The van der Waals surface area contributed by atoms with Gasteiger partial charge in [0.1, 0.15) is 0 Å². The molecule has 124 valence electrons. The fourth-order valence-electron chi connectivity index (χ4n) is 3.80. The van der Waals surface area contributed by atoms with E-state index in [9.17, 15) is 18.9 Å². The highest BCUT2D eigenvalue weighted by Gasteiger charge is 2.44. The zero-order chi connectivity index (χ0) is 17.5. The predicted octanol–water partition coefficient (Wildman–Crippen LogP) is 2.62. The van der Waals surface area contributed by atoms with E-state index in [2.05, 4.69) is 12.1 Å². The molecule has 3 rings (SSSR count). The summed E-state index contributed by atoms with van der Waals surface area (Å²) in [6.45, 7) is 4.58. The molecule has 1 aliphatic heterocycles. The van der Waals surface area contributed by atoms with E-state index in [-0.39, 0.29) is 11.8 Å². The van der Waals surface area contributed by atoms with Crippen molar-refractivity contribution in [3.63, 3.8) is 0 Å². The van der Waals surface area contributed by atoms with E-state index in [1.807, 2.05) is 13.8 Å². The maximum atomic E-state index is 12.9. The summed E-state index contributed by atoms with van der Waals surface area (Å²) >= 11 is 0. The zero-order valence-corrected chi connectivity index (χ0v) is 14.5. The van der Waals surface area contributed by atoms with Crippen molar-refractivity contribution in [1.29, 1.82) is 10.5 Å². The van der Waals surface area contributed by atoms with Gasteiger partial charge < -0.3 is 0 Å². The van der Waals surface area contributed by atoms with Crippen LogP contribution in [0.15, 0.2) is 40.3 Å². The van der Waals surface area contributed by atoms with Gasteiger partial charge in [-0.15, -0.1) is 0 Å². The van der Waals surface area contributed by atoms with Crippen molar-refractivity contribution in [2.24, 2.45) is 17.8 Å². The molecule has 0 spiro atoms. The first-order chi connectivity index (χ1) is 11.4. The molecule has 1 aromatic rings. The van der Waals surface area contributed by atoms with Gasteiger partial charge in [0.2, 0.25) is 10.0 Å². The van der Waals surface area contributed by atoms with Crippen LogP contribution in [0.5, 0.6) is 0 Å². The van der Waals surface area contributed by atoms with E-state index in [1.165, 1.54) is 4.31 Å². The Morgan fingerprint density at radius 2 is 1.79 bits per heavy atom. The highest BCUT2D eigenvalue weighted by molar-refractivity contribution is 7.89. The SMILES string of the molecule is CC1=C(C#N)[C@H](C#N)C[C@H]2CN(S(=O)(=O)c3ccc(C)cc3)C[C@H]12. The monoisotopic (exact) mass is 341 g/mol. The molecular formula is C18H19N3O2S. The summed E-state index contributed by atoms with van der Waals surface area (Å²) in [4.78, 5) is 0.297. The first kappa shape index (κ1) is 16.7. The number of rotatable bonds is 2. The molecule has 0 bridgehead atoms. The van der Waals surface area contributed by atoms with E-state index >= 15 is 0 Å². The van der Waals surface area contributed by atoms with Crippen LogP contribution in [0.3, 0.4) is 0 Å². The molecule has 0 aromatic heterocycles. The Kier molecular flexibility index (Phi) is 4.21. The van der Waals surface area contributed by atoms with Crippen molar-refractivity contribution < 1.29 is 8.42 Å². The molecule has 0 amide bonds. The second-order valence-electron chi connectivity index (χ2n) is 6.63. The Morgan fingerprint density at radius 3 is 2.38 bits per heavy atom. The van der Waals surface area contributed by atoms with Gasteiger partial charge in [-0.05, 0) is 44.2 Å². The third kappa shape index (κ3) is 2.62. The molecule has 24 heavy (non-hydrogen) atoms. The van der Waals surface area contributed by atoms with Gasteiger partial charge in [-0.3, -0.25) is 0 Å². The topological polar surface area (TPSA) is 85.0 Å². The fraction of sp³-hybridized carbons (Fsp3) is 0.444. The molecule has 0 unspecified atom stereocenters. The summed E-state index contributed by atoms with van der Waals surface area (Å²) in [5.41, 5.74) is 2.41. The van der Waals surface area contributed by atoms with Gasteiger partial charge in [0.25, 0.3) is 0 Å². The number of fused-ring (bicyclic) bond motifs is 1. The van der Waals surface area contributed by atoms with Crippen molar-refractivity contribution in [2.45, 2.75) is 25.2 Å². The van der Waals surface area contributed by atoms with Crippen molar-refractivity contribution in [2.75, 3.05) is 13.1 Å². The largest absolute Gasteiger partial charge is 0.243 e. The number of hydrogen-bond donors (Lipinski definition) is 0. The average Bonchev–Trinajstić information content (AvgIpc) is 3.00. The number of aryl methyl sites for hydroxylation is 1. The summed E-state index contributed by atoms with van der Waals surface area (Å²) in [7, 11) is -3.54. The molecule has 5 nitrogen and oxygen atoms in total. The van der Waals surface area contributed by atoms with Crippen LogP contribution in [-0.4, -0.2) is 25.8 Å². The second kappa shape index (κ2) is 6.05. The Hall–Kier alpha value is -2.15. The van der Waals surface area contributed by atoms with Crippen LogP contribution in [0.4, 0.5) is 0 Å². The minimum atomic E-state index is -3.54. The molecule has 0 radical (unpaired) electrons. The number of nitrogens with zero attached hydrogens (tertiary/aromatic N) is 3. The van der Waals surface area contributed by atoms with Gasteiger partial charge in [-0.1, -0.05) is 23.3 Å². The summed E-state index contributed by atoms with van der Waals surface area (Å²) < 4.78 is 27.3. The molecule has 3 atom stereocenters. The maximum Gasteiger partial charge on any atom is 0.243 e.